The van der Waals surface area contributed by atoms with Gasteiger partial charge in [0.25, 0.3) is 0 Å². The Bertz CT molecular complexity index is 433. The second kappa shape index (κ2) is 5.49. The average Bonchev–Trinajstić information content (AvgIpc) is 2.44. The topological polar surface area (TPSA) is 64.7 Å². The molecule has 1 aromatic rings. The van der Waals surface area contributed by atoms with Crippen molar-refractivity contribution in [3.8, 4) is 5.75 Å². The van der Waals surface area contributed by atoms with E-state index in [0.29, 0.717) is 26.2 Å². The van der Waals surface area contributed by atoms with Gasteiger partial charge < -0.3 is 20.3 Å². The van der Waals surface area contributed by atoms with Crippen molar-refractivity contribution < 1.29 is 14.6 Å². The summed E-state index contributed by atoms with van der Waals surface area (Å²) in [6.45, 7) is 5.51. The first-order chi connectivity index (χ1) is 9.07. The number of benzene rings is 1. The molecule has 1 aromatic carbocycles. The first-order valence-corrected chi connectivity index (χ1v) is 6.80. The molecule has 106 valence electrons. The molecule has 0 saturated heterocycles. The molecular formula is C15H23NO3. The van der Waals surface area contributed by atoms with Crippen LogP contribution in [0.2, 0.25) is 0 Å². The lowest BCUT2D eigenvalue weighted by Crippen LogP contribution is -2.58. The summed E-state index contributed by atoms with van der Waals surface area (Å²) in [5.74, 6) is 0.816. The van der Waals surface area contributed by atoms with E-state index in [9.17, 15) is 5.11 Å². The van der Waals surface area contributed by atoms with Crippen molar-refractivity contribution >= 4 is 0 Å². The standard InChI is InChI=1S/C15H23NO3/c1-3-18-11-14(2,17)15(10-16)8-9-19-13-7-5-4-6-12(13)15/h4-7,17H,3,8-11,16H2,1-2H3. The highest BCUT2D eigenvalue weighted by Gasteiger charge is 2.50. The molecular weight excluding hydrogens is 242 g/mol. The Morgan fingerprint density at radius 3 is 2.89 bits per heavy atom. The van der Waals surface area contributed by atoms with Crippen molar-refractivity contribution in [3.05, 3.63) is 29.8 Å². The molecule has 19 heavy (non-hydrogen) atoms. The second-order valence-electron chi connectivity index (χ2n) is 5.29. The fourth-order valence-electron chi connectivity index (χ4n) is 2.89. The Kier molecular flexibility index (Phi) is 4.13. The predicted octanol–water partition coefficient (Wildman–Crippen LogP) is 1.45. The first kappa shape index (κ1) is 14.3. The number of aliphatic hydroxyl groups is 1. The average molecular weight is 265 g/mol. The van der Waals surface area contributed by atoms with Crippen molar-refractivity contribution in [2.75, 3.05) is 26.4 Å². The van der Waals surface area contributed by atoms with Crippen LogP contribution < -0.4 is 10.5 Å². The van der Waals surface area contributed by atoms with Gasteiger partial charge in [0.15, 0.2) is 0 Å². The molecule has 1 heterocycles. The molecule has 1 aliphatic heterocycles. The van der Waals surface area contributed by atoms with Crippen LogP contribution in [0.5, 0.6) is 5.75 Å². The Hall–Kier alpha value is -1.10. The molecule has 0 aromatic heterocycles. The quantitative estimate of drug-likeness (QED) is 0.846. The molecule has 4 nitrogen and oxygen atoms in total. The summed E-state index contributed by atoms with van der Waals surface area (Å²) in [4.78, 5) is 0. The van der Waals surface area contributed by atoms with Gasteiger partial charge in [0.1, 0.15) is 5.75 Å². The fourth-order valence-corrected chi connectivity index (χ4v) is 2.89. The molecule has 0 amide bonds. The molecule has 0 spiro atoms. The third-order valence-corrected chi connectivity index (χ3v) is 4.16. The summed E-state index contributed by atoms with van der Waals surface area (Å²) in [6, 6.07) is 7.80. The van der Waals surface area contributed by atoms with E-state index >= 15 is 0 Å². The van der Waals surface area contributed by atoms with Crippen LogP contribution in [0.25, 0.3) is 0 Å². The van der Waals surface area contributed by atoms with Crippen LogP contribution in [0.4, 0.5) is 0 Å². The summed E-state index contributed by atoms with van der Waals surface area (Å²) in [5.41, 5.74) is 5.49. The van der Waals surface area contributed by atoms with Crippen LogP contribution in [0.1, 0.15) is 25.8 Å². The Morgan fingerprint density at radius 1 is 1.47 bits per heavy atom. The normalized spacial score (nSPS) is 25.3. The van der Waals surface area contributed by atoms with Crippen LogP contribution in [-0.4, -0.2) is 37.1 Å². The van der Waals surface area contributed by atoms with Crippen LogP contribution in [0.15, 0.2) is 24.3 Å². The highest BCUT2D eigenvalue weighted by atomic mass is 16.5. The van der Waals surface area contributed by atoms with Crippen molar-refractivity contribution in [1.29, 1.82) is 0 Å². The maximum Gasteiger partial charge on any atom is 0.123 e. The van der Waals surface area contributed by atoms with E-state index in [-0.39, 0.29) is 6.61 Å². The molecule has 3 N–H and O–H groups in total. The molecule has 4 heteroatoms. The zero-order valence-electron chi connectivity index (χ0n) is 11.7. The van der Waals surface area contributed by atoms with Gasteiger partial charge >= 0.3 is 0 Å². The Balaban J connectivity index is 2.44. The van der Waals surface area contributed by atoms with Crippen molar-refractivity contribution in [1.82, 2.24) is 0 Å². The monoisotopic (exact) mass is 265 g/mol. The third kappa shape index (κ3) is 2.36. The lowest BCUT2D eigenvalue weighted by molar-refractivity contribution is -0.0929. The zero-order valence-corrected chi connectivity index (χ0v) is 11.7. The number of hydrogen-bond donors (Lipinski definition) is 2. The molecule has 0 bridgehead atoms. The lowest BCUT2D eigenvalue weighted by Gasteiger charge is -2.47. The third-order valence-electron chi connectivity index (χ3n) is 4.16. The number of fused-ring (bicyclic) bond motifs is 1. The van der Waals surface area contributed by atoms with E-state index in [4.69, 9.17) is 15.2 Å². The van der Waals surface area contributed by atoms with Gasteiger partial charge in [-0.3, -0.25) is 0 Å². The molecule has 2 rings (SSSR count). The van der Waals surface area contributed by atoms with Crippen molar-refractivity contribution in [3.63, 3.8) is 0 Å². The van der Waals surface area contributed by atoms with Crippen LogP contribution in [0.3, 0.4) is 0 Å². The van der Waals surface area contributed by atoms with Gasteiger partial charge in [-0.1, -0.05) is 18.2 Å². The number of ether oxygens (including phenoxy) is 2. The highest BCUT2D eigenvalue weighted by molar-refractivity contribution is 5.44. The van der Waals surface area contributed by atoms with Gasteiger partial charge in [0.2, 0.25) is 0 Å². The van der Waals surface area contributed by atoms with E-state index in [1.165, 1.54) is 0 Å². The number of hydrogen-bond acceptors (Lipinski definition) is 4. The van der Waals surface area contributed by atoms with Gasteiger partial charge in [-0.05, 0) is 26.3 Å². The molecule has 1 aliphatic rings. The van der Waals surface area contributed by atoms with Crippen LogP contribution in [0, 0.1) is 0 Å². The molecule has 2 unspecified atom stereocenters. The van der Waals surface area contributed by atoms with E-state index in [0.717, 1.165) is 11.3 Å². The predicted molar refractivity (Wildman–Crippen MR) is 74.4 cm³/mol. The second-order valence-corrected chi connectivity index (χ2v) is 5.29. The number of nitrogens with two attached hydrogens (primary N) is 1. The minimum absolute atomic E-state index is 0.273. The Morgan fingerprint density at radius 2 is 2.21 bits per heavy atom. The molecule has 0 fully saturated rings. The summed E-state index contributed by atoms with van der Waals surface area (Å²) in [6.07, 6.45) is 0.695. The molecule has 0 radical (unpaired) electrons. The Labute approximate surface area is 114 Å². The SMILES string of the molecule is CCOCC(C)(O)C1(CN)CCOc2ccccc21. The van der Waals surface area contributed by atoms with Crippen LogP contribution in [-0.2, 0) is 10.2 Å². The first-order valence-electron chi connectivity index (χ1n) is 6.80. The van der Waals surface area contributed by atoms with Crippen molar-refractivity contribution in [2.45, 2.75) is 31.3 Å². The van der Waals surface area contributed by atoms with Crippen molar-refractivity contribution in [2.24, 2.45) is 5.73 Å². The largest absolute Gasteiger partial charge is 0.493 e. The van der Waals surface area contributed by atoms with Gasteiger partial charge in [-0.2, -0.15) is 0 Å². The lowest BCUT2D eigenvalue weighted by atomic mass is 9.65. The fraction of sp³-hybridized carbons (Fsp3) is 0.600. The summed E-state index contributed by atoms with van der Waals surface area (Å²) < 4.78 is 11.1. The molecule has 0 saturated carbocycles. The van der Waals surface area contributed by atoms with Crippen LogP contribution >= 0.6 is 0 Å². The number of para-hydroxylation sites is 1. The van der Waals surface area contributed by atoms with Gasteiger partial charge in [0.05, 0.1) is 18.8 Å². The zero-order chi connectivity index (χ0) is 13.9. The minimum atomic E-state index is -1.02. The minimum Gasteiger partial charge on any atom is -0.493 e. The maximum atomic E-state index is 10.9. The summed E-state index contributed by atoms with van der Waals surface area (Å²) >= 11 is 0. The van der Waals surface area contributed by atoms with E-state index in [1.807, 2.05) is 31.2 Å². The highest BCUT2D eigenvalue weighted by Crippen LogP contribution is 2.45. The van der Waals surface area contributed by atoms with Gasteiger partial charge in [-0.15, -0.1) is 0 Å². The maximum absolute atomic E-state index is 10.9. The summed E-state index contributed by atoms with van der Waals surface area (Å²) in [7, 11) is 0. The number of rotatable bonds is 5. The summed E-state index contributed by atoms with van der Waals surface area (Å²) in [5, 5.41) is 10.9. The van der Waals surface area contributed by atoms with E-state index < -0.39 is 11.0 Å². The van der Waals surface area contributed by atoms with E-state index in [2.05, 4.69) is 0 Å². The molecule has 0 aliphatic carbocycles. The van der Waals surface area contributed by atoms with E-state index in [1.54, 1.807) is 6.92 Å². The smallest absolute Gasteiger partial charge is 0.123 e. The van der Waals surface area contributed by atoms with Gasteiger partial charge in [0, 0.05) is 24.1 Å². The molecule has 2 atom stereocenters. The van der Waals surface area contributed by atoms with Gasteiger partial charge in [-0.25, -0.2) is 0 Å².